The summed E-state index contributed by atoms with van der Waals surface area (Å²) in [7, 11) is -3.64. The van der Waals surface area contributed by atoms with Crippen LogP contribution in [0, 0.1) is 0 Å². The van der Waals surface area contributed by atoms with Gasteiger partial charge in [-0.25, -0.2) is 13.1 Å². The molecular weight excluding hydrogens is 402 g/mol. The van der Waals surface area contributed by atoms with Crippen LogP contribution in [0.4, 0.5) is 5.69 Å². The third kappa shape index (κ3) is 3.74. The van der Waals surface area contributed by atoms with Gasteiger partial charge < -0.3 is 0 Å². The van der Waals surface area contributed by atoms with E-state index >= 15 is 0 Å². The summed E-state index contributed by atoms with van der Waals surface area (Å²) in [6.07, 6.45) is 3.49. The molecule has 1 heterocycles. The Bertz CT molecular complexity index is 922. The van der Waals surface area contributed by atoms with Crippen molar-refractivity contribution in [3.05, 3.63) is 70.4 Å². The first-order valence-corrected chi connectivity index (χ1v) is 9.18. The molecule has 0 bridgehead atoms. The predicted molar refractivity (Wildman–Crippen MR) is 93.5 cm³/mol. The van der Waals surface area contributed by atoms with Gasteiger partial charge in [-0.2, -0.15) is 5.10 Å². The van der Waals surface area contributed by atoms with Crippen molar-refractivity contribution in [2.24, 2.45) is 0 Å². The highest BCUT2D eigenvalue weighted by atomic mass is 79.9. The van der Waals surface area contributed by atoms with Gasteiger partial charge in [0.2, 0.25) is 0 Å². The zero-order valence-corrected chi connectivity index (χ0v) is 14.8. The molecule has 0 fully saturated rings. The molecule has 0 aliphatic heterocycles. The van der Waals surface area contributed by atoms with Gasteiger partial charge in [0.25, 0.3) is 10.0 Å². The number of benzene rings is 2. The van der Waals surface area contributed by atoms with E-state index in [2.05, 4.69) is 25.8 Å². The maximum absolute atomic E-state index is 12.3. The van der Waals surface area contributed by atoms with Crippen molar-refractivity contribution in [2.45, 2.75) is 4.90 Å². The Balaban J connectivity index is 1.81. The molecular formula is C15H11BrClN3O2S. The number of nitrogens with zero attached hydrogens (tertiary/aromatic N) is 2. The maximum atomic E-state index is 12.3. The average molecular weight is 413 g/mol. The van der Waals surface area contributed by atoms with E-state index in [1.807, 2.05) is 6.20 Å². The zero-order valence-electron chi connectivity index (χ0n) is 11.6. The molecule has 0 unspecified atom stereocenters. The van der Waals surface area contributed by atoms with Crippen LogP contribution >= 0.6 is 27.5 Å². The van der Waals surface area contributed by atoms with Crippen LogP contribution in [0.15, 0.2) is 70.3 Å². The third-order valence-electron chi connectivity index (χ3n) is 3.06. The predicted octanol–water partition coefficient (Wildman–Crippen LogP) is 4.09. The number of nitrogens with one attached hydrogen (secondary N) is 1. The zero-order chi connectivity index (χ0) is 16.4. The second kappa shape index (κ2) is 6.35. The number of halogens is 2. The number of hydrogen-bond donors (Lipinski definition) is 1. The Morgan fingerprint density at radius 2 is 1.70 bits per heavy atom. The molecule has 0 atom stereocenters. The highest BCUT2D eigenvalue weighted by Crippen LogP contribution is 2.20. The summed E-state index contributed by atoms with van der Waals surface area (Å²) in [4.78, 5) is 0.155. The largest absolute Gasteiger partial charge is 0.280 e. The number of sulfonamides is 1. The van der Waals surface area contributed by atoms with Gasteiger partial charge in [0, 0.05) is 16.9 Å². The molecule has 8 heteroatoms. The Hall–Kier alpha value is -1.83. The Labute approximate surface area is 147 Å². The second-order valence-electron chi connectivity index (χ2n) is 4.71. The standard InChI is InChI=1S/C15H11BrClN3O2S/c16-11-9-18-20(10-11)14-5-3-13(4-6-14)19-23(21,22)15-7-1-12(17)2-8-15/h1-10,19H. The first kappa shape index (κ1) is 16.0. The van der Waals surface area contributed by atoms with Gasteiger partial charge in [0.15, 0.2) is 0 Å². The van der Waals surface area contributed by atoms with Crippen LogP contribution in [0.25, 0.3) is 5.69 Å². The number of aromatic nitrogens is 2. The van der Waals surface area contributed by atoms with E-state index in [4.69, 9.17) is 11.6 Å². The molecule has 0 amide bonds. The van der Waals surface area contributed by atoms with Crippen LogP contribution < -0.4 is 4.72 Å². The average Bonchev–Trinajstić information content (AvgIpc) is 2.95. The van der Waals surface area contributed by atoms with Crippen molar-refractivity contribution in [3.63, 3.8) is 0 Å². The van der Waals surface area contributed by atoms with Crippen LogP contribution in [0.1, 0.15) is 0 Å². The summed E-state index contributed by atoms with van der Waals surface area (Å²) < 4.78 is 29.7. The quantitative estimate of drug-likeness (QED) is 0.702. The van der Waals surface area contributed by atoms with E-state index in [-0.39, 0.29) is 4.90 Å². The smallest absolute Gasteiger partial charge is 0.261 e. The number of hydrogen-bond acceptors (Lipinski definition) is 3. The van der Waals surface area contributed by atoms with Crippen molar-refractivity contribution in [1.82, 2.24) is 9.78 Å². The summed E-state index contributed by atoms with van der Waals surface area (Å²) in [5, 5.41) is 4.65. The fourth-order valence-electron chi connectivity index (χ4n) is 1.95. The van der Waals surface area contributed by atoms with Gasteiger partial charge in [-0.15, -0.1) is 0 Å². The Morgan fingerprint density at radius 3 is 2.26 bits per heavy atom. The minimum atomic E-state index is -3.64. The molecule has 0 aliphatic rings. The van der Waals surface area contributed by atoms with E-state index in [0.717, 1.165) is 10.2 Å². The molecule has 0 spiro atoms. The highest BCUT2D eigenvalue weighted by molar-refractivity contribution is 9.10. The summed E-state index contributed by atoms with van der Waals surface area (Å²) in [5.41, 5.74) is 1.29. The van der Waals surface area contributed by atoms with Gasteiger partial charge in [-0.1, -0.05) is 11.6 Å². The first-order chi connectivity index (χ1) is 10.9. The highest BCUT2D eigenvalue weighted by Gasteiger charge is 2.13. The van der Waals surface area contributed by atoms with Gasteiger partial charge in [-0.05, 0) is 64.5 Å². The van der Waals surface area contributed by atoms with E-state index < -0.39 is 10.0 Å². The number of anilines is 1. The topological polar surface area (TPSA) is 64.0 Å². The molecule has 23 heavy (non-hydrogen) atoms. The monoisotopic (exact) mass is 411 g/mol. The number of rotatable bonds is 4. The van der Waals surface area contributed by atoms with E-state index in [1.54, 1.807) is 35.1 Å². The molecule has 0 saturated heterocycles. The van der Waals surface area contributed by atoms with Gasteiger partial charge in [0.1, 0.15) is 0 Å². The fraction of sp³-hybridized carbons (Fsp3) is 0. The molecule has 5 nitrogen and oxygen atoms in total. The van der Waals surface area contributed by atoms with Crippen molar-refractivity contribution < 1.29 is 8.42 Å². The molecule has 1 N–H and O–H groups in total. The summed E-state index contributed by atoms with van der Waals surface area (Å²) >= 11 is 9.10. The molecule has 2 aromatic carbocycles. The van der Waals surface area contributed by atoms with E-state index in [0.29, 0.717) is 10.7 Å². The molecule has 3 aromatic rings. The minimum absolute atomic E-state index is 0.155. The summed E-state index contributed by atoms with van der Waals surface area (Å²) in [6, 6.07) is 12.9. The molecule has 3 rings (SSSR count). The van der Waals surface area contributed by atoms with Crippen LogP contribution in [0.2, 0.25) is 5.02 Å². The van der Waals surface area contributed by atoms with Crippen molar-refractivity contribution >= 4 is 43.2 Å². The third-order valence-corrected chi connectivity index (χ3v) is 5.12. The molecule has 0 aliphatic carbocycles. The minimum Gasteiger partial charge on any atom is -0.280 e. The molecule has 118 valence electrons. The Kier molecular flexibility index (Phi) is 4.43. The van der Waals surface area contributed by atoms with Crippen molar-refractivity contribution in [2.75, 3.05) is 4.72 Å². The van der Waals surface area contributed by atoms with E-state index in [9.17, 15) is 8.42 Å². The lowest BCUT2D eigenvalue weighted by Gasteiger charge is -2.09. The summed E-state index contributed by atoms with van der Waals surface area (Å²) in [5.74, 6) is 0. The SMILES string of the molecule is O=S(=O)(Nc1ccc(-n2cc(Br)cn2)cc1)c1ccc(Cl)cc1. The Morgan fingerprint density at radius 1 is 1.04 bits per heavy atom. The maximum Gasteiger partial charge on any atom is 0.261 e. The van der Waals surface area contributed by atoms with Crippen LogP contribution in [-0.2, 0) is 10.0 Å². The van der Waals surface area contributed by atoms with Crippen LogP contribution in [0.3, 0.4) is 0 Å². The van der Waals surface area contributed by atoms with Crippen molar-refractivity contribution in [3.8, 4) is 5.69 Å². The van der Waals surface area contributed by atoms with Gasteiger partial charge in [0.05, 0.1) is 21.3 Å². The fourth-order valence-corrected chi connectivity index (χ4v) is 3.42. The van der Waals surface area contributed by atoms with Crippen molar-refractivity contribution in [1.29, 1.82) is 0 Å². The van der Waals surface area contributed by atoms with Gasteiger partial charge in [-0.3, -0.25) is 4.72 Å². The van der Waals surface area contributed by atoms with E-state index in [1.165, 1.54) is 24.3 Å². The second-order valence-corrected chi connectivity index (χ2v) is 7.74. The summed E-state index contributed by atoms with van der Waals surface area (Å²) in [6.45, 7) is 0. The molecule has 0 radical (unpaired) electrons. The lowest BCUT2D eigenvalue weighted by atomic mass is 10.3. The lowest BCUT2D eigenvalue weighted by molar-refractivity contribution is 0.601. The van der Waals surface area contributed by atoms with Gasteiger partial charge >= 0.3 is 0 Å². The normalized spacial score (nSPS) is 11.4. The molecule has 0 saturated carbocycles. The lowest BCUT2D eigenvalue weighted by Crippen LogP contribution is -2.12. The molecule has 1 aromatic heterocycles. The van der Waals surface area contributed by atoms with Crippen LogP contribution in [0.5, 0.6) is 0 Å². The van der Waals surface area contributed by atoms with Crippen LogP contribution in [-0.4, -0.2) is 18.2 Å². The first-order valence-electron chi connectivity index (χ1n) is 6.53.